The lowest BCUT2D eigenvalue weighted by Crippen LogP contribution is -2.37. The van der Waals surface area contributed by atoms with Crippen LogP contribution in [-0.2, 0) is 17.8 Å². The molecule has 1 aliphatic rings. The molecule has 1 aliphatic heterocycles. The minimum absolute atomic E-state index is 0.195. The second kappa shape index (κ2) is 6.90. The van der Waals surface area contributed by atoms with Gasteiger partial charge in [-0.2, -0.15) is 0 Å². The molecule has 3 aromatic carbocycles. The van der Waals surface area contributed by atoms with E-state index >= 15 is 0 Å². The van der Waals surface area contributed by atoms with Gasteiger partial charge in [-0.3, -0.25) is 0 Å². The lowest BCUT2D eigenvalue weighted by molar-refractivity contribution is 0.0444. The maximum atomic E-state index is 6.24. The molecule has 1 unspecified atom stereocenters. The molecule has 120 valence electrons. The molecule has 0 N–H and O–H groups in total. The average molecular weight is 315 g/mol. The van der Waals surface area contributed by atoms with Crippen molar-refractivity contribution in [2.24, 2.45) is 0 Å². The second-order valence-electron chi connectivity index (χ2n) is 6.20. The molecule has 2 nitrogen and oxygen atoms in total. The zero-order valence-electron chi connectivity index (χ0n) is 13.6. The Morgan fingerprint density at radius 2 is 1.46 bits per heavy atom. The maximum absolute atomic E-state index is 6.24. The molecule has 0 amide bonds. The van der Waals surface area contributed by atoms with E-state index in [1.807, 2.05) is 6.07 Å². The van der Waals surface area contributed by atoms with Crippen LogP contribution in [0.15, 0.2) is 84.9 Å². The predicted molar refractivity (Wildman–Crippen MR) is 98.6 cm³/mol. The smallest absolute Gasteiger partial charge is 0.0799 e. The van der Waals surface area contributed by atoms with E-state index in [1.54, 1.807) is 0 Å². The molecule has 1 heterocycles. The first-order chi connectivity index (χ1) is 11.9. The van der Waals surface area contributed by atoms with Crippen molar-refractivity contribution in [2.75, 3.05) is 11.4 Å². The molecule has 0 aliphatic carbocycles. The van der Waals surface area contributed by atoms with Crippen molar-refractivity contribution in [3.8, 4) is 0 Å². The zero-order valence-corrected chi connectivity index (χ0v) is 13.6. The van der Waals surface area contributed by atoms with Crippen LogP contribution in [0.2, 0.25) is 0 Å². The van der Waals surface area contributed by atoms with Crippen LogP contribution in [-0.4, -0.2) is 12.6 Å². The Bertz CT molecular complexity index is 785. The Hall–Kier alpha value is -2.58. The molecule has 0 bridgehead atoms. The topological polar surface area (TPSA) is 12.5 Å². The number of fused-ring (bicyclic) bond motifs is 1. The van der Waals surface area contributed by atoms with Crippen LogP contribution < -0.4 is 4.90 Å². The minimum atomic E-state index is 0.195. The lowest BCUT2D eigenvalue weighted by atomic mass is 9.99. The largest absolute Gasteiger partial charge is 0.371 e. The number of para-hydroxylation sites is 2. The third-order valence-electron chi connectivity index (χ3n) is 4.51. The summed E-state index contributed by atoms with van der Waals surface area (Å²) < 4.78 is 6.24. The number of nitrogens with zero attached hydrogens (tertiary/aromatic N) is 1. The molecular weight excluding hydrogens is 294 g/mol. The van der Waals surface area contributed by atoms with Gasteiger partial charge in [-0.15, -0.1) is 0 Å². The Morgan fingerprint density at radius 1 is 0.792 bits per heavy atom. The van der Waals surface area contributed by atoms with E-state index in [0.29, 0.717) is 6.61 Å². The third-order valence-corrected chi connectivity index (χ3v) is 4.51. The van der Waals surface area contributed by atoms with Gasteiger partial charge in [0.1, 0.15) is 0 Å². The van der Waals surface area contributed by atoms with Crippen LogP contribution in [0.4, 0.5) is 11.4 Å². The summed E-state index contributed by atoms with van der Waals surface area (Å²) in [4.78, 5) is 2.37. The Kier molecular flexibility index (Phi) is 4.30. The standard InChI is InChI=1S/C22H21NO/c1-3-9-18(10-4-1)17-24-21-15-19-11-7-8-14-22(19)23(16-21)20-12-5-2-6-13-20/h1-14,21H,15-17H2. The molecule has 3 aromatic rings. The second-order valence-corrected chi connectivity index (χ2v) is 6.20. The van der Waals surface area contributed by atoms with Gasteiger partial charge < -0.3 is 9.64 Å². The van der Waals surface area contributed by atoms with E-state index in [4.69, 9.17) is 4.74 Å². The van der Waals surface area contributed by atoms with E-state index in [-0.39, 0.29) is 6.10 Å². The van der Waals surface area contributed by atoms with Gasteiger partial charge in [0, 0.05) is 24.3 Å². The first-order valence-electron chi connectivity index (χ1n) is 8.46. The number of benzene rings is 3. The summed E-state index contributed by atoms with van der Waals surface area (Å²) in [5.74, 6) is 0. The maximum Gasteiger partial charge on any atom is 0.0799 e. The third kappa shape index (κ3) is 3.19. The monoisotopic (exact) mass is 315 g/mol. The van der Waals surface area contributed by atoms with Gasteiger partial charge in [-0.25, -0.2) is 0 Å². The quantitative estimate of drug-likeness (QED) is 0.674. The molecule has 24 heavy (non-hydrogen) atoms. The Morgan fingerprint density at radius 3 is 2.25 bits per heavy atom. The van der Waals surface area contributed by atoms with Gasteiger partial charge in [0.25, 0.3) is 0 Å². The van der Waals surface area contributed by atoms with Crippen LogP contribution in [0.1, 0.15) is 11.1 Å². The number of hydrogen-bond donors (Lipinski definition) is 0. The summed E-state index contributed by atoms with van der Waals surface area (Å²) >= 11 is 0. The Labute approximate surface area is 143 Å². The van der Waals surface area contributed by atoms with Crippen LogP contribution in [0.25, 0.3) is 0 Å². The molecule has 0 saturated carbocycles. The van der Waals surface area contributed by atoms with Crippen molar-refractivity contribution in [3.63, 3.8) is 0 Å². The van der Waals surface area contributed by atoms with Gasteiger partial charge >= 0.3 is 0 Å². The highest BCUT2D eigenvalue weighted by atomic mass is 16.5. The van der Waals surface area contributed by atoms with Crippen molar-refractivity contribution in [1.29, 1.82) is 0 Å². The molecule has 0 fully saturated rings. The summed E-state index contributed by atoms with van der Waals surface area (Å²) in [7, 11) is 0. The van der Waals surface area contributed by atoms with E-state index in [1.165, 1.54) is 22.5 Å². The van der Waals surface area contributed by atoms with Crippen molar-refractivity contribution in [1.82, 2.24) is 0 Å². The predicted octanol–water partition coefficient (Wildman–Crippen LogP) is 4.97. The number of ether oxygens (including phenoxy) is 1. The summed E-state index contributed by atoms with van der Waals surface area (Å²) in [6.45, 7) is 1.55. The summed E-state index contributed by atoms with van der Waals surface area (Å²) in [5.41, 5.74) is 5.09. The summed E-state index contributed by atoms with van der Waals surface area (Å²) in [5, 5.41) is 0. The van der Waals surface area contributed by atoms with E-state index < -0.39 is 0 Å². The normalized spacial score (nSPS) is 16.7. The van der Waals surface area contributed by atoms with Crippen LogP contribution >= 0.6 is 0 Å². The fraction of sp³-hybridized carbons (Fsp3) is 0.182. The van der Waals surface area contributed by atoms with Gasteiger partial charge in [-0.05, 0) is 29.3 Å². The van der Waals surface area contributed by atoms with E-state index in [9.17, 15) is 0 Å². The highest BCUT2D eigenvalue weighted by Gasteiger charge is 2.25. The molecule has 0 aromatic heterocycles. The first-order valence-corrected chi connectivity index (χ1v) is 8.46. The van der Waals surface area contributed by atoms with Crippen molar-refractivity contribution >= 4 is 11.4 Å². The number of hydrogen-bond acceptors (Lipinski definition) is 2. The van der Waals surface area contributed by atoms with Crippen LogP contribution in [0, 0.1) is 0 Å². The number of rotatable bonds is 4. The highest BCUT2D eigenvalue weighted by molar-refractivity contribution is 5.68. The van der Waals surface area contributed by atoms with Gasteiger partial charge in [-0.1, -0.05) is 66.7 Å². The summed E-state index contributed by atoms with van der Waals surface area (Å²) in [6, 6.07) is 29.6. The van der Waals surface area contributed by atoms with Crippen LogP contribution in [0.5, 0.6) is 0 Å². The molecule has 1 atom stereocenters. The average Bonchev–Trinajstić information content (AvgIpc) is 2.67. The van der Waals surface area contributed by atoms with E-state index in [0.717, 1.165) is 13.0 Å². The van der Waals surface area contributed by atoms with Crippen molar-refractivity contribution in [3.05, 3.63) is 96.1 Å². The summed E-state index contributed by atoms with van der Waals surface area (Å²) in [6.07, 6.45) is 1.16. The SMILES string of the molecule is c1ccc(COC2Cc3ccccc3N(c3ccccc3)C2)cc1. The van der Waals surface area contributed by atoms with Crippen LogP contribution in [0.3, 0.4) is 0 Å². The fourth-order valence-corrected chi connectivity index (χ4v) is 3.31. The molecule has 0 spiro atoms. The van der Waals surface area contributed by atoms with E-state index in [2.05, 4.69) is 83.8 Å². The first kappa shape index (κ1) is 15.0. The molecule has 0 radical (unpaired) electrons. The molecule has 4 rings (SSSR count). The number of anilines is 2. The van der Waals surface area contributed by atoms with Crippen molar-refractivity contribution < 1.29 is 4.74 Å². The molecule has 2 heteroatoms. The highest BCUT2D eigenvalue weighted by Crippen LogP contribution is 2.34. The molecule has 0 saturated heterocycles. The Balaban J connectivity index is 1.56. The fourth-order valence-electron chi connectivity index (χ4n) is 3.31. The van der Waals surface area contributed by atoms with Crippen molar-refractivity contribution in [2.45, 2.75) is 19.1 Å². The van der Waals surface area contributed by atoms with Gasteiger partial charge in [0.05, 0.1) is 12.7 Å². The lowest BCUT2D eigenvalue weighted by Gasteiger charge is -2.36. The van der Waals surface area contributed by atoms with Gasteiger partial charge in [0.15, 0.2) is 0 Å². The molecular formula is C22H21NO. The van der Waals surface area contributed by atoms with Gasteiger partial charge in [0.2, 0.25) is 0 Å². The zero-order chi connectivity index (χ0) is 16.2. The minimum Gasteiger partial charge on any atom is -0.371 e.